The van der Waals surface area contributed by atoms with Gasteiger partial charge in [0.15, 0.2) is 0 Å². The molecule has 161 valence electrons. The Bertz CT molecular complexity index is 969. The first-order valence-corrected chi connectivity index (χ1v) is 12.0. The van der Waals surface area contributed by atoms with E-state index in [4.69, 9.17) is 5.73 Å². The van der Waals surface area contributed by atoms with Crippen LogP contribution < -0.4 is 10.6 Å². The molecule has 1 unspecified atom stereocenters. The van der Waals surface area contributed by atoms with E-state index >= 15 is 0 Å². The van der Waals surface area contributed by atoms with Crippen LogP contribution in [0.25, 0.3) is 0 Å². The molecular weight excluding hydrogens is 406 g/mol. The molecule has 3 amide bonds. The van der Waals surface area contributed by atoms with Gasteiger partial charge < -0.3 is 15.5 Å². The molecule has 1 aromatic rings. The molecule has 3 heterocycles. The summed E-state index contributed by atoms with van der Waals surface area (Å²) in [5.41, 5.74) is 6.85. The van der Waals surface area contributed by atoms with Crippen molar-refractivity contribution in [3.63, 3.8) is 0 Å². The number of anilines is 1. The topological polar surface area (TPSA) is 116 Å². The van der Waals surface area contributed by atoms with E-state index in [1.807, 2.05) is 11.3 Å². The molecule has 3 saturated heterocycles. The fraction of sp³-hybridized carbons (Fsp3) is 0.500. The fourth-order valence-corrected chi connectivity index (χ4v) is 5.01. The SMILES string of the molecule is CS(=O)(=O)N=C(c1ccc(N2C(=O)N3CCC[CH][C@@H]3C2C(N)=O)cc1)N1CCCC1. The highest BCUT2D eigenvalue weighted by Gasteiger charge is 2.50. The second-order valence-corrected chi connectivity index (χ2v) is 9.60. The maximum absolute atomic E-state index is 13.0. The highest BCUT2D eigenvalue weighted by Crippen LogP contribution is 2.34. The van der Waals surface area contributed by atoms with Crippen LogP contribution in [0.15, 0.2) is 28.7 Å². The van der Waals surface area contributed by atoms with Gasteiger partial charge in [0, 0.05) is 30.9 Å². The van der Waals surface area contributed by atoms with E-state index in [2.05, 4.69) is 4.40 Å². The second-order valence-electron chi connectivity index (χ2n) is 7.95. The molecule has 4 rings (SSSR count). The van der Waals surface area contributed by atoms with Crippen LogP contribution in [-0.4, -0.2) is 74.0 Å². The second kappa shape index (κ2) is 7.90. The molecule has 3 aliphatic rings. The monoisotopic (exact) mass is 432 g/mol. The number of carbonyl (C=O) groups excluding carboxylic acids is 2. The number of hydrogen-bond donors (Lipinski definition) is 1. The number of hydrogen-bond acceptors (Lipinski definition) is 4. The number of fused-ring (bicyclic) bond motifs is 1. The van der Waals surface area contributed by atoms with Crippen molar-refractivity contribution in [2.75, 3.05) is 30.8 Å². The van der Waals surface area contributed by atoms with E-state index in [0.717, 1.165) is 45.0 Å². The first-order chi connectivity index (χ1) is 14.3. The van der Waals surface area contributed by atoms with Crippen molar-refractivity contribution in [1.82, 2.24) is 9.80 Å². The minimum atomic E-state index is -3.57. The summed E-state index contributed by atoms with van der Waals surface area (Å²) in [5, 5.41) is 0. The lowest BCUT2D eigenvalue weighted by molar-refractivity contribution is -0.119. The third kappa shape index (κ3) is 3.88. The summed E-state index contributed by atoms with van der Waals surface area (Å²) >= 11 is 0. The minimum Gasteiger partial charge on any atom is -0.368 e. The van der Waals surface area contributed by atoms with Gasteiger partial charge in [-0.25, -0.2) is 13.2 Å². The molecule has 0 saturated carbocycles. The number of benzene rings is 1. The Balaban J connectivity index is 1.67. The average molecular weight is 433 g/mol. The Morgan fingerprint density at radius 1 is 1.10 bits per heavy atom. The number of likely N-dealkylation sites (tertiary alicyclic amines) is 1. The lowest BCUT2D eigenvalue weighted by Gasteiger charge is -2.29. The van der Waals surface area contributed by atoms with Crippen molar-refractivity contribution in [3.05, 3.63) is 36.2 Å². The van der Waals surface area contributed by atoms with Gasteiger partial charge in [0.1, 0.15) is 11.9 Å². The van der Waals surface area contributed by atoms with E-state index in [1.54, 1.807) is 29.2 Å². The van der Waals surface area contributed by atoms with Gasteiger partial charge in [-0.15, -0.1) is 4.40 Å². The van der Waals surface area contributed by atoms with Gasteiger partial charge in [0.25, 0.3) is 10.0 Å². The summed E-state index contributed by atoms with van der Waals surface area (Å²) < 4.78 is 27.6. The summed E-state index contributed by atoms with van der Waals surface area (Å²) in [4.78, 5) is 30.3. The molecule has 0 aromatic heterocycles. The van der Waals surface area contributed by atoms with Gasteiger partial charge in [-0.05, 0) is 56.4 Å². The predicted octanol–water partition coefficient (Wildman–Crippen LogP) is 0.951. The van der Waals surface area contributed by atoms with Gasteiger partial charge in [-0.1, -0.05) is 0 Å². The molecule has 0 bridgehead atoms. The summed E-state index contributed by atoms with van der Waals surface area (Å²) in [7, 11) is -3.57. The Morgan fingerprint density at radius 2 is 1.77 bits per heavy atom. The molecule has 3 aliphatic heterocycles. The number of amidine groups is 1. The normalized spacial score (nSPS) is 25.0. The van der Waals surface area contributed by atoms with Crippen molar-refractivity contribution in [2.45, 2.75) is 37.8 Å². The Labute approximate surface area is 176 Å². The van der Waals surface area contributed by atoms with Crippen molar-refractivity contribution < 1.29 is 18.0 Å². The molecule has 3 fully saturated rings. The maximum atomic E-state index is 13.0. The Hall–Kier alpha value is -2.62. The molecule has 30 heavy (non-hydrogen) atoms. The Morgan fingerprint density at radius 3 is 2.37 bits per heavy atom. The number of nitrogens with two attached hydrogens (primary N) is 1. The summed E-state index contributed by atoms with van der Waals surface area (Å²) in [5.74, 6) is -0.138. The summed E-state index contributed by atoms with van der Waals surface area (Å²) in [6.45, 7) is 2.09. The Kier molecular flexibility index (Phi) is 5.44. The molecule has 2 atom stereocenters. The van der Waals surface area contributed by atoms with Gasteiger partial charge in [-0.2, -0.15) is 0 Å². The van der Waals surface area contributed by atoms with Crippen LogP contribution in [0.1, 0.15) is 31.2 Å². The quantitative estimate of drug-likeness (QED) is 0.562. The minimum absolute atomic E-state index is 0.239. The van der Waals surface area contributed by atoms with Crippen LogP contribution in [0.2, 0.25) is 0 Å². The van der Waals surface area contributed by atoms with Crippen LogP contribution in [0.3, 0.4) is 0 Å². The standard InChI is InChI=1S/C20H26N5O4S/c1-30(28,29)22-19(23-11-4-5-12-23)14-7-9-15(10-8-14)25-17(18(21)26)16-6-2-3-13-24(16)20(25)27/h6-10,16-17H,2-5,11-13H2,1H3,(H2,21,26)/t16-,17?/m1/s1. The van der Waals surface area contributed by atoms with E-state index in [0.29, 0.717) is 23.6 Å². The van der Waals surface area contributed by atoms with Gasteiger partial charge in [-0.3, -0.25) is 9.69 Å². The average Bonchev–Trinajstić information content (AvgIpc) is 3.33. The number of piperidine rings is 1. The zero-order valence-electron chi connectivity index (χ0n) is 16.9. The molecule has 0 spiro atoms. The zero-order chi connectivity index (χ0) is 21.5. The first kappa shape index (κ1) is 20.6. The highest BCUT2D eigenvalue weighted by atomic mass is 32.2. The third-order valence-corrected chi connectivity index (χ3v) is 6.28. The number of urea groups is 1. The maximum Gasteiger partial charge on any atom is 0.325 e. The lowest BCUT2D eigenvalue weighted by Crippen LogP contribution is -2.48. The van der Waals surface area contributed by atoms with E-state index < -0.39 is 22.0 Å². The van der Waals surface area contributed by atoms with Crippen LogP contribution in [0.5, 0.6) is 0 Å². The largest absolute Gasteiger partial charge is 0.368 e. The number of nitrogens with zero attached hydrogens (tertiary/aromatic N) is 4. The van der Waals surface area contributed by atoms with Crippen LogP contribution in [-0.2, 0) is 14.8 Å². The summed E-state index contributed by atoms with van der Waals surface area (Å²) in [6, 6.07) is 5.60. The number of amides is 3. The predicted molar refractivity (Wildman–Crippen MR) is 114 cm³/mol. The van der Waals surface area contributed by atoms with Gasteiger partial charge in [0.2, 0.25) is 5.91 Å². The molecule has 2 N–H and O–H groups in total. The summed E-state index contributed by atoms with van der Waals surface area (Å²) in [6.07, 6.45) is 6.72. The van der Waals surface area contributed by atoms with E-state index in [9.17, 15) is 18.0 Å². The molecular formula is C20H26N5O4S. The number of carbonyl (C=O) groups is 2. The third-order valence-electron chi connectivity index (χ3n) is 5.78. The molecule has 1 radical (unpaired) electrons. The van der Waals surface area contributed by atoms with E-state index in [-0.39, 0.29) is 12.1 Å². The van der Waals surface area contributed by atoms with Crippen molar-refractivity contribution in [1.29, 1.82) is 0 Å². The zero-order valence-corrected chi connectivity index (χ0v) is 17.7. The van der Waals surface area contributed by atoms with Crippen LogP contribution >= 0.6 is 0 Å². The molecule has 9 nitrogen and oxygen atoms in total. The smallest absolute Gasteiger partial charge is 0.325 e. The number of primary amides is 1. The molecule has 1 aromatic carbocycles. The van der Waals surface area contributed by atoms with Crippen molar-refractivity contribution >= 4 is 33.5 Å². The van der Waals surface area contributed by atoms with Gasteiger partial charge >= 0.3 is 6.03 Å². The number of sulfonamides is 1. The van der Waals surface area contributed by atoms with Crippen LogP contribution in [0, 0.1) is 6.42 Å². The lowest BCUT2D eigenvalue weighted by atomic mass is 9.97. The number of rotatable bonds is 4. The van der Waals surface area contributed by atoms with Gasteiger partial charge in [0.05, 0.1) is 12.3 Å². The molecule has 0 aliphatic carbocycles. The van der Waals surface area contributed by atoms with E-state index in [1.165, 1.54) is 4.90 Å². The molecule has 10 heteroatoms. The van der Waals surface area contributed by atoms with Crippen molar-refractivity contribution in [2.24, 2.45) is 10.1 Å². The van der Waals surface area contributed by atoms with Crippen LogP contribution in [0.4, 0.5) is 10.5 Å². The first-order valence-electron chi connectivity index (χ1n) is 10.1. The highest BCUT2D eigenvalue weighted by molar-refractivity contribution is 7.89. The fourth-order valence-electron chi connectivity index (χ4n) is 4.48. The van der Waals surface area contributed by atoms with Crippen molar-refractivity contribution in [3.8, 4) is 0 Å².